The molecule has 1 heterocycles. The molecule has 2 aromatic rings. The summed E-state index contributed by atoms with van der Waals surface area (Å²) in [7, 11) is 0. The molecule has 0 unspecified atom stereocenters. The molecule has 0 radical (unpaired) electrons. The first-order valence-corrected chi connectivity index (χ1v) is 12.0. The van der Waals surface area contributed by atoms with E-state index in [9.17, 15) is 9.90 Å². The number of hydrogen-bond acceptors (Lipinski definition) is 6. The van der Waals surface area contributed by atoms with Crippen molar-refractivity contribution in [1.29, 1.82) is 5.41 Å². The van der Waals surface area contributed by atoms with Crippen molar-refractivity contribution in [3.63, 3.8) is 0 Å². The van der Waals surface area contributed by atoms with Crippen molar-refractivity contribution in [2.75, 3.05) is 26.3 Å². The fraction of sp³-hybridized carbons (Fsp3) is 0.321. The molecule has 1 aliphatic rings. The van der Waals surface area contributed by atoms with Crippen LogP contribution in [0.4, 0.5) is 5.69 Å². The molecule has 0 fully saturated rings. The van der Waals surface area contributed by atoms with Gasteiger partial charge in [-0.1, -0.05) is 43.3 Å². The van der Waals surface area contributed by atoms with Gasteiger partial charge in [0, 0.05) is 43.3 Å². The standard InChI is InChI=1S/C28H34N4O3/c1-3-14-32(15-5-16-33)28(34)24-17-23-12-11-22(18-25(23)31-26(29)19-24)21-9-6-20(7-10-21)8-13-27(30)35-4-2/h6-13,17-18,30,33H,3-5,14-16,19H2,1-2H3,(H2,29,31)/b13-8+,30-27?. The number of carbonyl (C=O) groups excluding carboxylic acids is 1. The van der Waals surface area contributed by atoms with Crippen LogP contribution in [0.25, 0.3) is 23.3 Å². The van der Waals surface area contributed by atoms with Crippen LogP contribution >= 0.6 is 0 Å². The molecule has 0 spiro atoms. The van der Waals surface area contributed by atoms with E-state index in [1.807, 2.05) is 68.5 Å². The maximum absolute atomic E-state index is 13.2. The van der Waals surface area contributed by atoms with Gasteiger partial charge in [0.25, 0.3) is 0 Å². The number of nitrogens with two attached hydrogens (primary N) is 1. The van der Waals surface area contributed by atoms with E-state index in [0.29, 0.717) is 43.9 Å². The predicted molar refractivity (Wildman–Crippen MR) is 143 cm³/mol. The van der Waals surface area contributed by atoms with Crippen molar-refractivity contribution < 1.29 is 14.6 Å². The van der Waals surface area contributed by atoms with E-state index in [1.165, 1.54) is 0 Å². The number of aliphatic imine (C=N–C) groups is 1. The number of amides is 1. The van der Waals surface area contributed by atoms with Gasteiger partial charge in [-0.05, 0) is 54.7 Å². The second kappa shape index (κ2) is 12.7. The van der Waals surface area contributed by atoms with Crippen LogP contribution < -0.4 is 5.73 Å². The van der Waals surface area contributed by atoms with E-state index in [2.05, 4.69) is 4.99 Å². The summed E-state index contributed by atoms with van der Waals surface area (Å²) in [4.78, 5) is 19.6. The Balaban J connectivity index is 1.84. The van der Waals surface area contributed by atoms with E-state index < -0.39 is 0 Å². The first-order chi connectivity index (χ1) is 16.9. The number of ether oxygens (including phenoxy) is 1. The molecule has 0 aliphatic carbocycles. The van der Waals surface area contributed by atoms with E-state index in [0.717, 1.165) is 34.4 Å². The summed E-state index contributed by atoms with van der Waals surface area (Å²) in [6.45, 7) is 5.56. The van der Waals surface area contributed by atoms with Crippen LogP contribution in [-0.2, 0) is 9.53 Å². The van der Waals surface area contributed by atoms with Crippen LogP contribution in [0.5, 0.6) is 0 Å². The predicted octanol–water partition coefficient (Wildman–Crippen LogP) is 4.78. The zero-order chi connectivity index (χ0) is 25.2. The highest BCUT2D eigenvalue weighted by molar-refractivity contribution is 6.05. The molecule has 1 amide bonds. The largest absolute Gasteiger partial charge is 0.478 e. The van der Waals surface area contributed by atoms with E-state index in [4.69, 9.17) is 15.9 Å². The Bertz CT molecular complexity index is 1130. The van der Waals surface area contributed by atoms with Gasteiger partial charge >= 0.3 is 0 Å². The molecule has 0 saturated heterocycles. The van der Waals surface area contributed by atoms with Crippen LogP contribution in [0, 0.1) is 5.41 Å². The van der Waals surface area contributed by atoms with Crippen molar-refractivity contribution in [3.05, 3.63) is 65.2 Å². The lowest BCUT2D eigenvalue weighted by molar-refractivity contribution is -0.127. The van der Waals surface area contributed by atoms with Gasteiger partial charge in [0.1, 0.15) is 5.84 Å². The van der Waals surface area contributed by atoms with Crippen molar-refractivity contribution in [2.45, 2.75) is 33.1 Å². The minimum Gasteiger partial charge on any atom is -0.478 e. The molecule has 7 nitrogen and oxygen atoms in total. The second-order valence-corrected chi connectivity index (χ2v) is 8.35. The number of aliphatic hydroxyl groups is 1. The number of fused-ring (bicyclic) bond motifs is 1. The molecule has 2 aromatic carbocycles. The van der Waals surface area contributed by atoms with Crippen molar-refractivity contribution in [3.8, 4) is 11.1 Å². The number of nitrogens with one attached hydrogen (secondary N) is 1. The first-order valence-electron chi connectivity index (χ1n) is 12.0. The molecule has 7 heteroatoms. The average Bonchev–Trinajstić information content (AvgIpc) is 3.02. The lowest BCUT2D eigenvalue weighted by atomic mass is 10.00. The van der Waals surface area contributed by atoms with E-state index in [1.54, 1.807) is 11.0 Å². The van der Waals surface area contributed by atoms with E-state index in [-0.39, 0.29) is 18.4 Å². The number of hydrogen-bond donors (Lipinski definition) is 3. The molecule has 0 saturated carbocycles. The summed E-state index contributed by atoms with van der Waals surface area (Å²) in [6.07, 6.45) is 7.04. The number of benzene rings is 2. The number of carbonyl (C=O) groups is 1. The van der Waals surface area contributed by atoms with Gasteiger partial charge in [-0.15, -0.1) is 0 Å². The number of aliphatic hydroxyl groups excluding tert-OH is 1. The van der Waals surface area contributed by atoms with Gasteiger partial charge in [0.15, 0.2) is 0 Å². The maximum Gasteiger partial charge on any atom is 0.250 e. The van der Waals surface area contributed by atoms with Crippen LogP contribution in [0.3, 0.4) is 0 Å². The Hall–Kier alpha value is -3.71. The quantitative estimate of drug-likeness (QED) is 0.340. The Morgan fingerprint density at radius 1 is 1.17 bits per heavy atom. The SMILES string of the molecule is CCCN(CCCO)C(=O)C1=Cc2ccc(-c3ccc(/C=C/C(=N)OCC)cc3)cc2N=C(N)C1. The van der Waals surface area contributed by atoms with Crippen LogP contribution in [0.1, 0.15) is 44.2 Å². The van der Waals surface area contributed by atoms with Crippen LogP contribution in [0.15, 0.2) is 59.1 Å². The molecular weight excluding hydrogens is 440 g/mol. The molecule has 4 N–H and O–H groups in total. The molecule has 0 aromatic heterocycles. The fourth-order valence-electron chi connectivity index (χ4n) is 3.92. The number of rotatable bonds is 10. The average molecular weight is 475 g/mol. The summed E-state index contributed by atoms with van der Waals surface area (Å²) in [5, 5.41) is 16.9. The Morgan fingerprint density at radius 2 is 1.91 bits per heavy atom. The molecule has 184 valence electrons. The zero-order valence-corrected chi connectivity index (χ0v) is 20.5. The van der Waals surface area contributed by atoms with Crippen LogP contribution in [0.2, 0.25) is 0 Å². The lowest BCUT2D eigenvalue weighted by Gasteiger charge is -2.23. The van der Waals surface area contributed by atoms with Crippen molar-refractivity contribution in [2.24, 2.45) is 10.7 Å². The Labute approximate surface area is 207 Å². The highest BCUT2D eigenvalue weighted by Crippen LogP contribution is 2.32. The van der Waals surface area contributed by atoms with Crippen molar-refractivity contribution in [1.82, 2.24) is 4.90 Å². The highest BCUT2D eigenvalue weighted by atomic mass is 16.5. The Morgan fingerprint density at radius 3 is 2.60 bits per heavy atom. The van der Waals surface area contributed by atoms with Gasteiger partial charge in [-0.3, -0.25) is 10.2 Å². The Kier molecular flexibility index (Phi) is 9.38. The van der Waals surface area contributed by atoms with Gasteiger partial charge in [0.05, 0.1) is 12.3 Å². The molecular formula is C28H34N4O3. The third-order valence-corrected chi connectivity index (χ3v) is 5.61. The van der Waals surface area contributed by atoms with E-state index >= 15 is 0 Å². The topological polar surface area (TPSA) is 112 Å². The maximum atomic E-state index is 13.2. The van der Waals surface area contributed by atoms with Gasteiger partial charge in [-0.2, -0.15) is 0 Å². The third-order valence-electron chi connectivity index (χ3n) is 5.61. The summed E-state index contributed by atoms with van der Waals surface area (Å²) in [5.41, 5.74) is 11.4. The summed E-state index contributed by atoms with van der Waals surface area (Å²) >= 11 is 0. The molecule has 1 aliphatic heterocycles. The summed E-state index contributed by atoms with van der Waals surface area (Å²) < 4.78 is 5.13. The van der Waals surface area contributed by atoms with Gasteiger partial charge < -0.3 is 20.5 Å². The monoisotopic (exact) mass is 474 g/mol. The molecule has 35 heavy (non-hydrogen) atoms. The molecule has 0 atom stereocenters. The minimum absolute atomic E-state index is 0.0516. The first kappa shape index (κ1) is 25.9. The van der Waals surface area contributed by atoms with Gasteiger partial charge in [-0.25, -0.2) is 4.99 Å². The number of nitrogens with zero attached hydrogens (tertiary/aromatic N) is 2. The number of amidine groups is 1. The fourth-order valence-corrected chi connectivity index (χ4v) is 3.92. The second-order valence-electron chi connectivity index (χ2n) is 8.35. The third kappa shape index (κ3) is 7.13. The van der Waals surface area contributed by atoms with Gasteiger partial charge in [0.2, 0.25) is 11.8 Å². The van der Waals surface area contributed by atoms with Crippen LogP contribution in [-0.4, -0.2) is 54.0 Å². The molecule has 0 bridgehead atoms. The summed E-state index contributed by atoms with van der Waals surface area (Å²) in [5.74, 6) is 0.475. The minimum atomic E-state index is -0.0589. The van der Waals surface area contributed by atoms with Crippen molar-refractivity contribution >= 4 is 35.5 Å². The highest BCUT2D eigenvalue weighted by Gasteiger charge is 2.21. The summed E-state index contributed by atoms with van der Waals surface area (Å²) in [6, 6.07) is 14.0. The molecule has 3 rings (SSSR count). The lowest BCUT2D eigenvalue weighted by Crippen LogP contribution is -2.35. The normalized spacial score (nSPS) is 13.0. The zero-order valence-electron chi connectivity index (χ0n) is 20.5. The smallest absolute Gasteiger partial charge is 0.250 e.